The van der Waals surface area contributed by atoms with Gasteiger partial charge in [0.25, 0.3) is 5.89 Å². The number of aryl methyl sites for hydroxylation is 1. The monoisotopic (exact) mass is 256 g/mol. The Bertz CT molecular complexity index is 375. The molecule has 17 heavy (non-hydrogen) atoms. The number of rotatable bonds is 5. The van der Waals surface area contributed by atoms with E-state index >= 15 is 0 Å². The molecular weight excluding hydrogens is 240 g/mol. The highest BCUT2D eigenvalue weighted by Gasteiger charge is 2.25. The van der Waals surface area contributed by atoms with E-state index < -0.39 is 0 Å². The summed E-state index contributed by atoms with van der Waals surface area (Å²) < 4.78 is 10.1. The van der Waals surface area contributed by atoms with E-state index in [0.29, 0.717) is 11.7 Å². The molecule has 6 heteroatoms. The van der Waals surface area contributed by atoms with E-state index in [2.05, 4.69) is 10.1 Å². The molecule has 0 bridgehead atoms. The zero-order valence-corrected chi connectivity index (χ0v) is 10.7. The van der Waals surface area contributed by atoms with E-state index in [0.717, 1.165) is 30.8 Å². The van der Waals surface area contributed by atoms with Gasteiger partial charge in [0.15, 0.2) is 12.4 Å². The molecule has 0 unspecified atom stereocenters. The average Bonchev–Trinajstić information content (AvgIpc) is 2.97. The van der Waals surface area contributed by atoms with Crippen LogP contribution in [0.1, 0.15) is 31.5 Å². The molecule has 0 amide bonds. The van der Waals surface area contributed by atoms with Crippen molar-refractivity contribution < 1.29 is 14.1 Å². The van der Waals surface area contributed by atoms with Crippen LogP contribution in [0.25, 0.3) is 0 Å². The van der Waals surface area contributed by atoms with Crippen molar-refractivity contribution in [1.29, 1.82) is 0 Å². The first kappa shape index (κ1) is 12.4. The molecule has 0 spiro atoms. The van der Waals surface area contributed by atoms with Crippen molar-refractivity contribution in [1.82, 2.24) is 10.1 Å². The number of esters is 1. The second-order valence-electron chi connectivity index (χ2n) is 4.02. The largest absolute Gasteiger partial charge is 0.455 e. The minimum atomic E-state index is -0.148. The van der Waals surface area contributed by atoms with Gasteiger partial charge >= 0.3 is 5.97 Å². The van der Waals surface area contributed by atoms with E-state index in [1.165, 1.54) is 0 Å². The SMILES string of the molecule is CCCc1noc(COC(=O)[C@@H]2CCSC2)n1. The highest BCUT2D eigenvalue weighted by Crippen LogP contribution is 2.24. The van der Waals surface area contributed by atoms with Crippen LogP contribution in [0.3, 0.4) is 0 Å². The lowest BCUT2D eigenvalue weighted by Crippen LogP contribution is -2.17. The maximum atomic E-state index is 11.6. The normalized spacial score (nSPS) is 19.5. The third kappa shape index (κ3) is 3.46. The van der Waals surface area contributed by atoms with Crippen LogP contribution in [0.4, 0.5) is 0 Å². The quantitative estimate of drug-likeness (QED) is 0.749. The van der Waals surface area contributed by atoms with Gasteiger partial charge in [-0.15, -0.1) is 0 Å². The van der Waals surface area contributed by atoms with Gasteiger partial charge in [-0.1, -0.05) is 12.1 Å². The van der Waals surface area contributed by atoms with Crippen molar-refractivity contribution in [2.24, 2.45) is 5.92 Å². The molecule has 2 heterocycles. The Morgan fingerprint density at radius 3 is 3.24 bits per heavy atom. The number of ether oxygens (including phenoxy) is 1. The molecule has 1 fully saturated rings. The molecule has 0 aromatic carbocycles. The third-order valence-electron chi connectivity index (χ3n) is 2.58. The summed E-state index contributed by atoms with van der Waals surface area (Å²) in [7, 11) is 0. The second kappa shape index (κ2) is 6.05. The third-order valence-corrected chi connectivity index (χ3v) is 3.75. The van der Waals surface area contributed by atoms with E-state index in [4.69, 9.17) is 9.26 Å². The zero-order valence-electron chi connectivity index (χ0n) is 9.85. The average molecular weight is 256 g/mol. The van der Waals surface area contributed by atoms with Crippen molar-refractivity contribution in [2.45, 2.75) is 32.8 Å². The van der Waals surface area contributed by atoms with Crippen LogP contribution in [0, 0.1) is 5.92 Å². The first-order valence-electron chi connectivity index (χ1n) is 5.85. The fraction of sp³-hybridized carbons (Fsp3) is 0.727. The molecule has 1 saturated heterocycles. The summed E-state index contributed by atoms with van der Waals surface area (Å²) in [6, 6.07) is 0. The molecule has 1 aliphatic heterocycles. The van der Waals surface area contributed by atoms with Crippen LogP contribution < -0.4 is 0 Å². The molecular formula is C11H16N2O3S. The maximum absolute atomic E-state index is 11.6. The predicted molar refractivity (Wildman–Crippen MR) is 63.5 cm³/mol. The Kier molecular flexibility index (Phi) is 4.42. The van der Waals surface area contributed by atoms with E-state index in [-0.39, 0.29) is 18.5 Å². The van der Waals surface area contributed by atoms with E-state index in [9.17, 15) is 4.79 Å². The lowest BCUT2D eigenvalue weighted by Gasteiger charge is -2.06. The molecule has 0 N–H and O–H groups in total. The highest BCUT2D eigenvalue weighted by atomic mass is 32.2. The number of hydrogen-bond donors (Lipinski definition) is 0. The number of carbonyl (C=O) groups excluding carboxylic acids is 1. The zero-order chi connectivity index (χ0) is 12.1. The molecule has 94 valence electrons. The number of thioether (sulfide) groups is 1. The van der Waals surface area contributed by atoms with Crippen LogP contribution in [0.5, 0.6) is 0 Å². The van der Waals surface area contributed by atoms with Crippen LogP contribution in [0.2, 0.25) is 0 Å². The molecule has 1 atom stereocenters. The number of hydrogen-bond acceptors (Lipinski definition) is 6. The van der Waals surface area contributed by atoms with E-state index in [1.807, 2.05) is 6.92 Å². The number of nitrogens with zero attached hydrogens (tertiary/aromatic N) is 2. The topological polar surface area (TPSA) is 65.2 Å². The lowest BCUT2D eigenvalue weighted by molar-refractivity contribution is -0.149. The van der Waals surface area contributed by atoms with Crippen molar-refractivity contribution in [3.05, 3.63) is 11.7 Å². The Morgan fingerprint density at radius 1 is 1.65 bits per heavy atom. The number of aromatic nitrogens is 2. The summed E-state index contributed by atoms with van der Waals surface area (Å²) in [5, 5.41) is 3.80. The van der Waals surface area contributed by atoms with Crippen molar-refractivity contribution in [2.75, 3.05) is 11.5 Å². The van der Waals surface area contributed by atoms with Crippen molar-refractivity contribution >= 4 is 17.7 Å². The maximum Gasteiger partial charge on any atom is 0.310 e. The molecule has 5 nitrogen and oxygen atoms in total. The van der Waals surface area contributed by atoms with Gasteiger partial charge in [-0.3, -0.25) is 4.79 Å². The van der Waals surface area contributed by atoms with Gasteiger partial charge in [0, 0.05) is 12.2 Å². The van der Waals surface area contributed by atoms with Crippen LogP contribution >= 0.6 is 11.8 Å². The standard InChI is InChI=1S/C11H16N2O3S/c1-2-3-9-12-10(16-13-9)6-15-11(14)8-4-5-17-7-8/h8H,2-7H2,1H3/t8-/m1/s1. The van der Waals surface area contributed by atoms with Crippen molar-refractivity contribution in [3.8, 4) is 0 Å². The molecule has 0 saturated carbocycles. The van der Waals surface area contributed by atoms with Gasteiger partial charge in [0.05, 0.1) is 5.92 Å². The Balaban J connectivity index is 1.78. The summed E-state index contributed by atoms with van der Waals surface area (Å²) in [5.74, 6) is 2.86. The Labute approximate surface area is 104 Å². The van der Waals surface area contributed by atoms with Crippen LogP contribution in [-0.4, -0.2) is 27.6 Å². The fourth-order valence-electron chi connectivity index (χ4n) is 1.65. The van der Waals surface area contributed by atoms with Gasteiger partial charge in [-0.05, 0) is 18.6 Å². The predicted octanol–water partition coefficient (Wildman–Crippen LogP) is 1.82. The van der Waals surface area contributed by atoms with Crippen molar-refractivity contribution in [3.63, 3.8) is 0 Å². The lowest BCUT2D eigenvalue weighted by atomic mass is 10.1. The van der Waals surface area contributed by atoms with Crippen LogP contribution in [0.15, 0.2) is 4.52 Å². The summed E-state index contributed by atoms with van der Waals surface area (Å²) in [6.45, 7) is 2.14. The molecule has 1 aliphatic rings. The summed E-state index contributed by atoms with van der Waals surface area (Å²) in [5.41, 5.74) is 0. The molecule has 1 aromatic rings. The Hall–Kier alpha value is -1.04. The van der Waals surface area contributed by atoms with E-state index in [1.54, 1.807) is 11.8 Å². The summed E-state index contributed by atoms with van der Waals surface area (Å²) in [4.78, 5) is 15.8. The molecule has 1 aromatic heterocycles. The summed E-state index contributed by atoms with van der Waals surface area (Å²) >= 11 is 1.79. The first-order valence-corrected chi connectivity index (χ1v) is 7.01. The minimum absolute atomic E-state index is 0.0398. The van der Waals surface area contributed by atoms with Crippen LogP contribution in [-0.2, 0) is 22.6 Å². The van der Waals surface area contributed by atoms with Gasteiger partial charge in [0.2, 0.25) is 0 Å². The molecule has 2 rings (SSSR count). The van der Waals surface area contributed by atoms with Gasteiger partial charge in [-0.25, -0.2) is 0 Å². The minimum Gasteiger partial charge on any atom is -0.455 e. The second-order valence-corrected chi connectivity index (χ2v) is 5.17. The molecule has 0 aliphatic carbocycles. The Morgan fingerprint density at radius 2 is 2.53 bits per heavy atom. The first-order chi connectivity index (χ1) is 8.29. The smallest absolute Gasteiger partial charge is 0.310 e. The fourth-order valence-corrected chi connectivity index (χ4v) is 2.85. The van der Waals surface area contributed by atoms with Gasteiger partial charge < -0.3 is 9.26 Å². The molecule has 0 radical (unpaired) electrons. The van der Waals surface area contributed by atoms with Gasteiger partial charge in [0.1, 0.15) is 0 Å². The highest BCUT2D eigenvalue weighted by molar-refractivity contribution is 7.99. The summed E-state index contributed by atoms with van der Waals surface area (Å²) in [6.07, 6.45) is 2.67. The number of carbonyl (C=O) groups is 1. The van der Waals surface area contributed by atoms with Gasteiger partial charge in [-0.2, -0.15) is 16.7 Å².